The molecule has 1 unspecified atom stereocenters. The van der Waals surface area contributed by atoms with E-state index in [-0.39, 0.29) is 0 Å². The van der Waals surface area contributed by atoms with Crippen LogP contribution in [0.4, 0.5) is 5.69 Å². The van der Waals surface area contributed by atoms with Crippen LogP contribution in [0.5, 0.6) is 0 Å². The molecule has 6 heteroatoms. The van der Waals surface area contributed by atoms with Crippen molar-refractivity contribution < 1.29 is 4.57 Å². The summed E-state index contributed by atoms with van der Waals surface area (Å²) < 4.78 is 11.3. The van der Waals surface area contributed by atoms with Crippen LogP contribution >= 0.6 is 39.9 Å². The van der Waals surface area contributed by atoms with Gasteiger partial charge in [-0.15, -0.1) is 11.6 Å². The van der Waals surface area contributed by atoms with Crippen LogP contribution in [0.1, 0.15) is 10.7 Å². The molecular formula is C9H11Cl3NOP. The van der Waals surface area contributed by atoms with E-state index in [1.54, 1.807) is 12.1 Å². The van der Waals surface area contributed by atoms with Gasteiger partial charge in [-0.05, 0) is 40.2 Å². The van der Waals surface area contributed by atoms with E-state index in [2.05, 4.69) is 0 Å². The van der Waals surface area contributed by atoms with Crippen molar-refractivity contribution in [3.05, 3.63) is 29.8 Å². The summed E-state index contributed by atoms with van der Waals surface area (Å²) in [6.45, 7) is 0. The van der Waals surface area contributed by atoms with Crippen molar-refractivity contribution in [3.63, 3.8) is 0 Å². The summed E-state index contributed by atoms with van der Waals surface area (Å²) >= 11 is 16.9. The van der Waals surface area contributed by atoms with Gasteiger partial charge in [0.2, 0.25) is 0 Å². The molecule has 0 aliphatic heterocycles. The maximum atomic E-state index is 11.3. The largest absolute Gasteiger partial charge is 0.378 e. The predicted molar refractivity (Wildman–Crippen MR) is 68.7 cm³/mol. The van der Waals surface area contributed by atoms with Crippen molar-refractivity contribution >= 4 is 45.6 Å². The standard InChI is InChI=1S/C9H11Cl3NOP/c1-13(2)8-5-3-7(4-6-8)9(10)15(11,12)14/h3-6,9H,1-2H3. The number of hydrogen-bond acceptors (Lipinski definition) is 2. The smallest absolute Gasteiger partial charge is 0.274 e. The van der Waals surface area contributed by atoms with E-state index in [0.29, 0.717) is 5.56 Å². The molecule has 0 aliphatic rings. The fourth-order valence-corrected chi connectivity index (χ4v) is 2.45. The minimum Gasteiger partial charge on any atom is -0.378 e. The Bertz CT molecular complexity index is 373. The number of alkyl halides is 1. The summed E-state index contributed by atoms with van der Waals surface area (Å²) in [7, 11) is 3.86. The van der Waals surface area contributed by atoms with Crippen LogP contribution in [0.15, 0.2) is 24.3 Å². The Hall–Kier alpha value is 0.120. The molecule has 1 aromatic carbocycles. The highest BCUT2D eigenvalue weighted by atomic mass is 35.9. The molecule has 0 N–H and O–H groups in total. The molecule has 0 fully saturated rings. The number of benzene rings is 1. The summed E-state index contributed by atoms with van der Waals surface area (Å²) in [5.74, 6) is -3.32. The van der Waals surface area contributed by atoms with Crippen LogP contribution in [0.25, 0.3) is 0 Å². The molecule has 0 saturated carbocycles. The monoisotopic (exact) mass is 285 g/mol. The first-order valence-electron chi connectivity index (χ1n) is 4.23. The van der Waals surface area contributed by atoms with Crippen LogP contribution in [-0.2, 0) is 4.57 Å². The maximum Gasteiger partial charge on any atom is 0.274 e. The van der Waals surface area contributed by atoms with Gasteiger partial charge in [0.15, 0.2) is 0 Å². The second kappa shape index (κ2) is 4.97. The van der Waals surface area contributed by atoms with Gasteiger partial charge in [-0.1, -0.05) is 12.1 Å². The maximum absolute atomic E-state index is 11.3. The lowest BCUT2D eigenvalue weighted by atomic mass is 10.2. The summed E-state index contributed by atoms with van der Waals surface area (Å²) in [5.41, 5.74) is 1.69. The average molecular weight is 287 g/mol. The van der Waals surface area contributed by atoms with Crippen molar-refractivity contribution in [1.29, 1.82) is 0 Å². The number of nitrogens with zero attached hydrogens (tertiary/aromatic N) is 1. The van der Waals surface area contributed by atoms with E-state index in [1.165, 1.54) is 0 Å². The first-order valence-corrected chi connectivity index (χ1v) is 8.25. The lowest BCUT2D eigenvalue weighted by Gasteiger charge is -2.15. The lowest BCUT2D eigenvalue weighted by Crippen LogP contribution is -2.08. The highest BCUT2D eigenvalue weighted by Gasteiger charge is 2.27. The highest BCUT2D eigenvalue weighted by molar-refractivity contribution is 8.09. The Morgan fingerprint density at radius 2 is 1.67 bits per heavy atom. The summed E-state index contributed by atoms with van der Waals surface area (Å²) in [6, 6.07) is 7.27. The van der Waals surface area contributed by atoms with Crippen molar-refractivity contribution in [2.45, 2.75) is 5.12 Å². The summed E-state index contributed by atoms with van der Waals surface area (Å²) in [6.07, 6.45) is 0. The topological polar surface area (TPSA) is 20.3 Å². The minimum absolute atomic E-state index is 0.663. The highest BCUT2D eigenvalue weighted by Crippen LogP contribution is 2.69. The Morgan fingerprint density at radius 3 is 2.00 bits per heavy atom. The molecular weight excluding hydrogens is 275 g/mol. The molecule has 0 aliphatic carbocycles. The van der Waals surface area contributed by atoms with Crippen molar-refractivity contribution in [2.75, 3.05) is 19.0 Å². The molecule has 0 bridgehead atoms. The number of anilines is 1. The molecule has 0 heterocycles. The molecule has 0 amide bonds. The molecule has 1 rings (SSSR count). The van der Waals surface area contributed by atoms with Gasteiger partial charge in [-0.2, -0.15) is 0 Å². The molecule has 84 valence electrons. The minimum atomic E-state index is -3.32. The van der Waals surface area contributed by atoms with Crippen molar-refractivity contribution in [1.82, 2.24) is 0 Å². The zero-order valence-electron chi connectivity index (χ0n) is 8.32. The molecule has 1 atom stereocenters. The Morgan fingerprint density at radius 1 is 1.20 bits per heavy atom. The van der Waals surface area contributed by atoms with E-state index in [9.17, 15) is 4.57 Å². The van der Waals surface area contributed by atoms with E-state index in [0.717, 1.165) is 5.69 Å². The van der Waals surface area contributed by atoms with E-state index in [4.69, 9.17) is 34.1 Å². The first-order chi connectivity index (χ1) is 6.82. The molecule has 1 aromatic rings. The number of hydrogen-bond donors (Lipinski definition) is 0. The van der Waals surface area contributed by atoms with Gasteiger partial charge in [-0.3, -0.25) is 4.57 Å². The third-order valence-corrected chi connectivity index (χ3v) is 5.62. The van der Waals surface area contributed by atoms with Gasteiger partial charge in [0.05, 0.1) is 0 Å². The molecule has 2 nitrogen and oxygen atoms in total. The SMILES string of the molecule is CN(C)c1ccc(C(Cl)P(=O)(Cl)Cl)cc1. The van der Waals surface area contributed by atoms with Crippen molar-refractivity contribution in [2.24, 2.45) is 0 Å². The molecule has 15 heavy (non-hydrogen) atoms. The van der Waals surface area contributed by atoms with Gasteiger partial charge >= 0.3 is 0 Å². The van der Waals surface area contributed by atoms with Gasteiger partial charge in [0.1, 0.15) is 5.12 Å². The molecule has 0 saturated heterocycles. The van der Waals surface area contributed by atoms with Crippen LogP contribution in [0.3, 0.4) is 0 Å². The van der Waals surface area contributed by atoms with Gasteiger partial charge in [0, 0.05) is 19.8 Å². The zero-order chi connectivity index (χ0) is 11.6. The van der Waals surface area contributed by atoms with Crippen LogP contribution in [0, 0.1) is 0 Å². The molecule has 0 aromatic heterocycles. The van der Waals surface area contributed by atoms with E-state index >= 15 is 0 Å². The average Bonchev–Trinajstić information content (AvgIpc) is 2.15. The predicted octanol–water partition coefficient (Wildman–Crippen LogP) is 4.66. The summed E-state index contributed by atoms with van der Waals surface area (Å²) in [5, 5.41) is -0.850. The third-order valence-electron chi connectivity index (χ3n) is 1.95. The van der Waals surface area contributed by atoms with Gasteiger partial charge in [0.25, 0.3) is 5.85 Å². The lowest BCUT2D eigenvalue weighted by molar-refractivity contribution is 0.591. The van der Waals surface area contributed by atoms with Gasteiger partial charge < -0.3 is 4.90 Å². The first kappa shape index (κ1) is 13.2. The number of halogens is 3. The fraction of sp³-hybridized carbons (Fsp3) is 0.333. The Balaban J connectivity index is 2.94. The normalized spacial score (nSPS) is 13.7. The van der Waals surface area contributed by atoms with E-state index < -0.39 is 11.0 Å². The summed E-state index contributed by atoms with van der Waals surface area (Å²) in [4.78, 5) is 1.95. The molecule has 0 spiro atoms. The van der Waals surface area contributed by atoms with Crippen LogP contribution < -0.4 is 4.90 Å². The van der Waals surface area contributed by atoms with Gasteiger partial charge in [-0.25, -0.2) is 0 Å². The zero-order valence-corrected chi connectivity index (χ0v) is 11.5. The fourth-order valence-electron chi connectivity index (χ4n) is 1.10. The third kappa shape index (κ3) is 3.57. The number of rotatable bonds is 3. The Kier molecular flexibility index (Phi) is 4.37. The van der Waals surface area contributed by atoms with E-state index in [1.807, 2.05) is 31.1 Å². The molecule has 0 radical (unpaired) electrons. The quantitative estimate of drug-likeness (QED) is 0.595. The second-order valence-corrected chi connectivity index (χ2v) is 9.12. The van der Waals surface area contributed by atoms with Crippen molar-refractivity contribution in [3.8, 4) is 0 Å². The second-order valence-electron chi connectivity index (χ2n) is 3.32. The Labute approximate surface area is 104 Å². The van der Waals surface area contributed by atoms with Crippen LogP contribution in [0.2, 0.25) is 0 Å². The van der Waals surface area contributed by atoms with Crippen LogP contribution in [-0.4, -0.2) is 14.1 Å².